The minimum absolute atomic E-state index is 0.0775. The second-order valence-electron chi connectivity index (χ2n) is 7.77. The van der Waals surface area contributed by atoms with Crippen LogP contribution in [0.1, 0.15) is 37.2 Å². The number of carbonyl (C=O) groups is 2. The molecule has 2 fully saturated rings. The molecule has 0 spiro atoms. The zero-order chi connectivity index (χ0) is 20.9. The molecule has 2 saturated heterocycles. The van der Waals surface area contributed by atoms with Crippen molar-refractivity contribution in [3.63, 3.8) is 0 Å². The summed E-state index contributed by atoms with van der Waals surface area (Å²) in [5.74, 6) is 0.446. The van der Waals surface area contributed by atoms with Gasteiger partial charge < -0.3 is 20.3 Å². The molecular weight excluding hydrogens is 402 g/mol. The molecule has 2 N–H and O–H groups in total. The van der Waals surface area contributed by atoms with Gasteiger partial charge in [0.15, 0.2) is 0 Å². The summed E-state index contributed by atoms with van der Waals surface area (Å²) < 4.78 is 5.44. The van der Waals surface area contributed by atoms with Gasteiger partial charge in [-0.15, -0.1) is 0 Å². The number of ether oxygens (including phenoxy) is 1. The lowest BCUT2D eigenvalue weighted by molar-refractivity contribution is -0.121. The Bertz CT molecular complexity index is 880. The van der Waals surface area contributed by atoms with Crippen LogP contribution in [0.5, 0.6) is 0 Å². The number of halogens is 1. The molecule has 0 aromatic heterocycles. The van der Waals surface area contributed by atoms with Crippen molar-refractivity contribution in [2.45, 2.75) is 37.6 Å². The van der Waals surface area contributed by atoms with E-state index in [1.165, 1.54) is 5.56 Å². The van der Waals surface area contributed by atoms with Gasteiger partial charge >= 0.3 is 6.03 Å². The Hall–Kier alpha value is -2.57. The van der Waals surface area contributed by atoms with E-state index in [0.717, 1.165) is 38.2 Å². The third kappa shape index (κ3) is 4.94. The maximum atomic E-state index is 13.0. The summed E-state index contributed by atoms with van der Waals surface area (Å²) in [6.45, 7) is 2.28. The number of hydrogen-bond acceptors (Lipinski definition) is 3. The molecule has 2 aliphatic rings. The van der Waals surface area contributed by atoms with Gasteiger partial charge in [0.2, 0.25) is 5.91 Å². The number of nitrogens with zero attached hydrogens (tertiary/aromatic N) is 1. The van der Waals surface area contributed by atoms with Crippen LogP contribution in [-0.2, 0) is 9.53 Å². The van der Waals surface area contributed by atoms with Crippen LogP contribution in [0.4, 0.5) is 16.2 Å². The Kier molecular flexibility index (Phi) is 6.55. The van der Waals surface area contributed by atoms with Crippen LogP contribution < -0.4 is 15.5 Å². The summed E-state index contributed by atoms with van der Waals surface area (Å²) in [5, 5.41) is 6.15. The lowest BCUT2D eigenvalue weighted by Gasteiger charge is -2.33. The molecule has 6 nitrogen and oxygen atoms in total. The Morgan fingerprint density at radius 3 is 2.40 bits per heavy atom. The first-order valence-corrected chi connectivity index (χ1v) is 10.8. The Balaban J connectivity index is 1.37. The SMILES string of the molecule is O=C(Nc1ccc(Cl)cc1)N[C@@H]1CCCN(c2ccc(C3CCOCC3)cc2)C1=O. The van der Waals surface area contributed by atoms with E-state index in [2.05, 4.69) is 22.8 Å². The Morgan fingerprint density at radius 1 is 1.00 bits per heavy atom. The molecule has 30 heavy (non-hydrogen) atoms. The maximum Gasteiger partial charge on any atom is 0.319 e. The number of benzene rings is 2. The number of nitrogens with one attached hydrogen (secondary N) is 2. The van der Waals surface area contributed by atoms with Crippen molar-refractivity contribution in [3.8, 4) is 0 Å². The van der Waals surface area contributed by atoms with Crippen molar-refractivity contribution in [3.05, 3.63) is 59.1 Å². The minimum atomic E-state index is -0.541. The first-order chi connectivity index (χ1) is 14.6. The summed E-state index contributed by atoms with van der Waals surface area (Å²) in [6, 6.07) is 14.2. The normalized spacial score (nSPS) is 20.1. The number of hydrogen-bond donors (Lipinski definition) is 2. The molecule has 0 unspecified atom stereocenters. The van der Waals surface area contributed by atoms with Crippen LogP contribution in [0.15, 0.2) is 48.5 Å². The van der Waals surface area contributed by atoms with E-state index in [9.17, 15) is 9.59 Å². The lowest BCUT2D eigenvalue weighted by Crippen LogP contribution is -2.53. The van der Waals surface area contributed by atoms with Gasteiger partial charge in [-0.2, -0.15) is 0 Å². The Labute approximate surface area is 181 Å². The van der Waals surface area contributed by atoms with E-state index in [0.29, 0.717) is 29.6 Å². The molecule has 7 heteroatoms. The summed E-state index contributed by atoms with van der Waals surface area (Å²) in [6.07, 6.45) is 3.54. The number of anilines is 2. The second-order valence-corrected chi connectivity index (χ2v) is 8.20. The molecule has 1 atom stereocenters. The minimum Gasteiger partial charge on any atom is -0.381 e. The van der Waals surface area contributed by atoms with Gasteiger partial charge in [-0.1, -0.05) is 23.7 Å². The molecule has 0 bridgehead atoms. The predicted octanol–water partition coefficient (Wildman–Crippen LogP) is 4.55. The molecule has 2 aliphatic heterocycles. The van der Waals surface area contributed by atoms with Crippen LogP contribution >= 0.6 is 11.6 Å². The summed E-state index contributed by atoms with van der Waals surface area (Å²) in [4.78, 5) is 27.1. The van der Waals surface area contributed by atoms with Crippen LogP contribution in [0.2, 0.25) is 5.02 Å². The molecule has 0 aliphatic carbocycles. The fourth-order valence-corrected chi connectivity index (χ4v) is 4.21. The van der Waals surface area contributed by atoms with Gasteiger partial charge in [-0.05, 0) is 73.6 Å². The molecule has 158 valence electrons. The van der Waals surface area contributed by atoms with E-state index in [1.54, 1.807) is 29.2 Å². The van der Waals surface area contributed by atoms with Gasteiger partial charge in [-0.25, -0.2) is 4.79 Å². The van der Waals surface area contributed by atoms with Crippen molar-refractivity contribution in [2.24, 2.45) is 0 Å². The smallest absolute Gasteiger partial charge is 0.319 e. The third-order valence-electron chi connectivity index (χ3n) is 5.74. The summed E-state index contributed by atoms with van der Waals surface area (Å²) >= 11 is 5.87. The maximum absolute atomic E-state index is 13.0. The molecule has 0 saturated carbocycles. The molecule has 2 aromatic carbocycles. The standard InChI is InChI=1S/C23H26ClN3O3/c24-18-5-7-19(8-6-18)25-23(29)26-21-2-1-13-27(22(21)28)20-9-3-16(4-10-20)17-11-14-30-15-12-17/h3-10,17,21H,1-2,11-15H2,(H2,25,26,29)/t21-/m1/s1. The molecule has 3 amide bonds. The number of amides is 3. The lowest BCUT2D eigenvalue weighted by atomic mass is 9.91. The molecule has 0 radical (unpaired) electrons. The van der Waals surface area contributed by atoms with Gasteiger partial charge in [0, 0.05) is 36.2 Å². The highest BCUT2D eigenvalue weighted by molar-refractivity contribution is 6.30. The first-order valence-electron chi connectivity index (χ1n) is 10.4. The molecular formula is C23H26ClN3O3. The number of rotatable bonds is 4. The quantitative estimate of drug-likeness (QED) is 0.751. The first kappa shape index (κ1) is 20.7. The van der Waals surface area contributed by atoms with E-state index >= 15 is 0 Å². The van der Waals surface area contributed by atoms with Crippen molar-refractivity contribution < 1.29 is 14.3 Å². The summed E-state index contributed by atoms with van der Waals surface area (Å²) in [5.41, 5.74) is 2.80. The van der Waals surface area contributed by atoms with Gasteiger partial charge in [-0.3, -0.25) is 4.79 Å². The van der Waals surface area contributed by atoms with Crippen LogP contribution in [0.3, 0.4) is 0 Å². The van der Waals surface area contributed by atoms with E-state index in [4.69, 9.17) is 16.3 Å². The number of piperidine rings is 1. The zero-order valence-electron chi connectivity index (χ0n) is 16.8. The average Bonchev–Trinajstić information content (AvgIpc) is 2.78. The van der Waals surface area contributed by atoms with Gasteiger partial charge in [0.1, 0.15) is 6.04 Å². The number of carbonyl (C=O) groups excluding carboxylic acids is 2. The number of urea groups is 1. The fraction of sp³-hybridized carbons (Fsp3) is 0.391. The van der Waals surface area contributed by atoms with E-state index < -0.39 is 12.1 Å². The van der Waals surface area contributed by atoms with Crippen molar-refractivity contribution >= 4 is 34.9 Å². The highest BCUT2D eigenvalue weighted by Crippen LogP contribution is 2.29. The molecule has 2 heterocycles. The third-order valence-corrected chi connectivity index (χ3v) is 6.00. The van der Waals surface area contributed by atoms with E-state index in [1.807, 2.05) is 12.1 Å². The van der Waals surface area contributed by atoms with Crippen LogP contribution in [0.25, 0.3) is 0 Å². The summed E-state index contributed by atoms with van der Waals surface area (Å²) in [7, 11) is 0. The predicted molar refractivity (Wildman–Crippen MR) is 118 cm³/mol. The molecule has 2 aromatic rings. The van der Waals surface area contributed by atoms with Gasteiger partial charge in [0.05, 0.1) is 0 Å². The van der Waals surface area contributed by atoms with Crippen molar-refractivity contribution in [1.82, 2.24) is 5.32 Å². The topological polar surface area (TPSA) is 70.7 Å². The zero-order valence-corrected chi connectivity index (χ0v) is 17.5. The largest absolute Gasteiger partial charge is 0.381 e. The van der Waals surface area contributed by atoms with Gasteiger partial charge in [0.25, 0.3) is 0 Å². The second kappa shape index (κ2) is 9.49. The van der Waals surface area contributed by atoms with Crippen molar-refractivity contribution in [2.75, 3.05) is 30.0 Å². The van der Waals surface area contributed by atoms with Crippen LogP contribution in [0, 0.1) is 0 Å². The highest BCUT2D eigenvalue weighted by atomic mass is 35.5. The average molecular weight is 428 g/mol. The monoisotopic (exact) mass is 427 g/mol. The van der Waals surface area contributed by atoms with Crippen LogP contribution in [-0.4, -0.2) is 37.7 Å². The van der Waals surface area contributed by atoms with E-state index in [-0.39, 0.29) is 5.91 Å². The highest BCUT2D eigenvalue weighted by Gasteiger charge is 2.31. The van der Waals surface area contributed by atoms with Crippen molar-refractivity contribution in [1.29, 1.82) is 0 Å². The molecule has 4 rings (SSSR count). The Morgan fingerprint density at radius 2 is 1.70 bits per heavy atom. The fourth-order valence-electron chi connectivity index (χ4n) is 4.08.